The first kappa shape index (κ1) is 11.1. The minimum atomic E-state index is -0.703. The second-order valence-corrected chi connectivity index (χ2v) is 4.33. The summed E-state index contributed by atoms with van der Waals surface area (Å²) in [6, 6.07) is 0. The van der Waals surface area contributed by atoms with Crippen molar-refractivity contribution in [3.05, 3.63) is 11.6 Å². The van der Waals surface area contributed by atoms with Crippen LogP contribution in [0, 0.1) is 5.92 Å². The molecule has 0 fully saturated rings. The molecule has 1 aliphatic heterocycles. The van der Waals surface area contributed by atoms with E-state index in [-0.39, 0.29) is 6.42 Å². The lowest BCUT2D eigenvalue weighted by Crippen LogP contribution is -2.22. The van der Waals surface area contributed by atoms with Gasteiger partial charge in [-0.05, 0) is 18.8 Å². The molecular weight excluding hydrogens is 206 g/mol. The molecule has 1 aliphatic rings. The highest BCUT2D eigenvalue weighted by Gasteiger charge is 2.22. The summed E-state index contributed by atoms with van der Waals surface area (Å²) in [5.74, 6) is 1.84. The van der Waals surface area contributed by atoms with E-state index in [9.17, 15) is 4.79 Å². The number of aliphatic carboxylic acids is 1. The van der Waals surface area contributed by atoms with E-state index in [0.717, 1.165) is 43.9 Å². The van der Waals surface area contributed by atoms with E-state index in [1.165, 1.54) is 0 Å². The van der Waals surface area contributed by atoms with E-state index < -0.39 is 5.97 Å². The van der Waals surface area contributed by atoms with Gasteiger partial charge in [0.1, 0.15) is 11.6 Å². The van der Waals surface area contributed by atoms with Crippen LogP contribution in [-0.4, -0.2) is 25.8 Å². The fraction of sp³-hybridized carbons (Fsp3) is 0.727. The second kappa shape index (κ2) is 4.63. The van der Waals surface area contributed by atoms with Crippen molar-refractivity contribution in [2.75, 3.05) is 0 Å². The van der Waals surface area contributed by atoms with Crippen molar-refractivity contribution in [1.82, 2.24) is 14.8 Å². The molecule has 0 saturated carbocycles. The van der Waals surface area contributed by atoms with Crippen molar-refractivity contribution >= 4 is 5.97 Å². The molecule has 16 heavy (non-hydrogen) atoms. The lowest BCUT2D eigenvalue weighted by Gasteiger charge is -2.23. The predicted molar refractivity (Wildman–Crippen MR) is 58.1 cm³/mol. The maximum absolute atomic E-state index is 10.5. The predicted octanol–water partition coefficient (Wildman–Crippen LogP) is 1.27. The first-order valence-electron chi connectivity index (χ1n) is 5.83. The number of aryl methyl sites for hydroxylation is 2. The third kappa shape index (κ3) is 2.23. The van der Waals surface area contributed by atoms with Crippen LogP contribution < -0.4 is 0 Å². The number of carboxylic acids is 1. The van der Waals surface area contributed by atoms with Crippen LogP contribution in [0.25, 0.3) is 0 Å². The normalized spacial score (nSPS) is 19.4. The van der Waals surface area contributed by atoms with E-state index >= 15 is 0 Å². The van der Waals surface area contributed by atoms with Crippen LogP contribution in [0.2, 0.25) is 0 Å². The van der Waals surface area contributed by atoms with E-state index in [1.807, 2.05) is 0 Å². The van der Waals surface area contributed by atoms with Gasteiger partial charge in [-0.15, -0.1) is 10.2 Å². The van der Waals surface area contributed by atoms with Gasteiger partial charge >= 0.3 is 5.97 Å². The quantitative estimate of drug-likeness (QED) is 0.834. The van der Waals surface area contributed by atoms with Gasteiger partial charge in [-0.25, -0.2) is 0 Å². The van der Waals surface area contributed by atoms with Gasteiger partial charge in [-0.3, -0.25) is 4.79 Å². The monoisotopic (exact) mass is 223 g/mol. The van der Waals surface area contributed by atoms with Gasteiger partial charge in [0.15, 0.2) is 0 Å². The molecule has 1 N–H and O–H groups in total. The summed E-state index contributed by atoms with van der Waals surface area (Å²) in [5, 5.41) is 17.0. The zero-order valence-electron chi connectivity index (χ0n) is 9.52. The number of hydrogen-bond donors (Lipinski definition) is 1. The SMILES string of the molecule is CCc1nnc2n1CC(CCC(=O)O)CC2. The summed E-state index contributed by atoms with van der Waals surface area (Å²) in [7, 11) is 0. The number of aromatic nitrogens is 3. The zero-order valence-corrected chi connectivity index (χ0v) is 9.52. The molecule has 5 nitrogen and oxygen atoms in total. The summed E-state index contributed by atoms with van der Waals surface area (Å²) in [6.07, 6.45) is 3.88. The Morgan fingerprint density at radius 1 is 1.56 bits per heavy atom. The van der Waals surface area contributed by atoms with Crippen molar-refractivity contribution in [1.29, 1.82) is 0 Å². The fourth-order valence-electron chi connectivity index (χ4n) is 2.28. The molecule has 5 heteroatoms. The molecule has 0 spiro atoms. The van der Waals surface area contributed by atoms with Crippen LogP contribution in [0.4, 0.5) is 0 Å². The van der Waals surface area contributed by atoms with Crippen molar-refractivity contribution < 1.29 is 9.90 Å². The Hall–Kier alpha value is -1.39. The molecule has 0 radical (unpaired) electrons. The second-order valence-electron chi connectivity index (χ2n) is 4.33. The average Bonchev–Trinajstić information content (AvgIpc) is 2.68. The molecule has 1 atom stereocenters. The summed E-state index contributed by atoms with van der Waals surface area (Å²) in [4.78, 5) is 10.5. The van der Waals surface area contributed by atoms with E-state index in [1.54, 1.807) is 0 Å². The average molecular weight is 223 g/mol. The van der Waals surface area contributed by atoms with Crippen molar-refractivity contribution in [2.24, 2.45) is 5.92 Å². The number of rotatable bonds is 4. The van der Waals surface area contributed by atoms with Crippen molar-refractivity contribution in [2.45, 2.75) is 45.6 Å². The maximum atomic E-state index is 10.5. The number of carboxylic acid groups (broad SMARTS) is 1. The van der Waals surface area contributed by atoms with Crippen LogP contribution in [0.1, 0.15) is 37.8 Å². The van der Waals surface area contributed by atoms with Crippen LogP contribution in [0.3, 0.4) is 0 Å². The van der Waals surface area contributed by atoms with Crippen LogP contribution in [0.15, 0.2) is 0 Å². The Morgan fingerprint density at radius 2 is 2.38 bits per heavy atom. The molecule has 88 valence electrons. The topological polar surface area (TPSA) is 68.0 Å². The Bertz CT molecular complexity index is 373. The standard InChI is InChI=1S/C11H17N3O2/c1-2-9-12-13-10-5-3-8(7-14(9)10)4-6-11(15)16/h8H,2-7H2,1H3,(H,15,16). The Balaban J connectivity index is 2.01. The van der Waals surface area contributed by atoms with Gasteiger partial charge in [0.05, 0.1) is 0 Å². The fourth-order valence-corrected chi connectivity index (χ4v) is 2.28. The highest BCUT2D eigenvalue weighted by molar-refractivity contribution is 5.66. The minimum Gasteiger partial charge on any atom is -0.481 e. The molecule has 0 bridgehead atoms. The van der Waals surface area contributed by atoms with Gasteiger partial charge in [0.25, 0.3) is 0 Å². The Labute approximate surface area is 94.5 Å². The van der Waals surface area contributed by atoms with E-state index in [4.69, 9.17) is 5.11 Å². The van der Waals surface area contributed by atoms with Gasteiger partial charge < -0.3 is 9.67 Å². The third-order valence-corrected chi connectivity index (χ3v) is 3.20. The van der Waals surface area contributed by atoms with Crippen molar-refractivity contribution in [3.8, 4) is 0 Å². The van der Waals surface area contributed by atoms with E-state index in [0.29, 0.717) is 5.92 Å². The molecule has 0 aromatic carbocycles. The third-order valence-electron chi connectivity index (χ3n) is 3.20. The summed E-state index contributed by atoms with van der Waals surface area (Å²) < 4.78 is 2.16. The lowest BCUT2D eigenvalue weighted by atomic mass is 9.94. The molecule has 1 aromatic heterocycles. The highest BCUT2D eigenvalue weighted by atomic mass is 16.4. The molecule has 2 heterocycles. The first-order valence-corrected chi connectivity index (χ1v) is 5.83. The van der Waals surface area contributed by atoms with Crippen molar-refractivity contribution in [3.63, 3.8) is 0 Å². The van der Waals surface area contributed by atoms with Gasteiger partial charge in [-0.1, -0.05) is 6.92 Å². The summed E-state index contributed by atoms with van der Waals surface area (Å²) >= 11 is 0. The highest BCUT2D eigenvalue weighted by Crippen LogP contribution is 2.23. The molecule has 1 unspecified atom stereocenters. The summed E-state index contributed by atoms with van der Waals surface area (Å²) in [5.41, 5.74) is 0. The molecule has 2 rings (SSSR count). The lowest BCUT2D eigenvalue weighted by molar-refractivity contribution is -0.137. The molecule has 1 aromatic rings. The minimum absolute atomic E-state index is 0.267. The molecule has 0 aliphatic carbocycles. The number of fused-ring (bicyclic) bond motifs is 1. The maximum Gasteiger partial charge on any atom is 0.303 e. The molecular formula is C11H17N3O2. The smallest absolute Gasteiger partial charge is 0.303 e. The zero-order chi connectivity index (χ0) is 11.5. The number of hydrogen-bond acceptors (Lipinski definition) is 3. The van der Waals surface area contributed by atoms with Crippen LogP contribution in [-0.2, 0) is 24.2 Å². The Kier molecular flexibility index (Phi) is 3.22. The molecule has 0 saturated heterocycles. The number of nitrogens with zero attached hydrogens (tertiary/aromatic N) is 3. The summed E-state index contributed by atoms with van der Waals surface area (Å²) in [6.45, 7) is 2.96. The Morgan fingerprint density at radius 3 is 3.06 bits per heavy atom. The first-order chi connectivity index (χ1) is 7.70. The van der Waals surface area contributed by atoms with Crippen LogP contribution in [0.5, 0.6) is 0 Å². The van der Waals surface area contributed by atoms with Gasteiger partial charge in [0.2, 0.25) is 0 Å². The largest absolute Gasteiger partial charge is 0.481 e. The van der Waals surface area contributed by atoms with Gasteiger partial charge in [-0.2, -0.15) is 0 Å². The van der Waals surface area contributed by atoms with Gasteiger partial charge in [0, 0.05) is 25.8 Å². The van der Waals surface area contributed by atoms with Crippen LogP contribution >= 0.6 is 0 Å². The van der Waals surface area contributed by atoms with E-state index in [2.05, 4.69) is 21.7 Å². The molecule has 0 amide bonds. The number of carbonyl (C=O) groups is 1.